The topological polar surface area (TPSA) is 78.0 Å². The minimum atomic E-state index is -3.24. The molecular formula is C12H17N3O2S2. The predicted octanol–water partition coefficient (Wildman–Crippen LogP) is 1.59. The van der Waals surface area contributed by atoms with Crippen LogP contribution in [0.1, 0.15) is 22.7 Å². The molecule has 0 aromatic carbocycles. The third-order valence-corrected chi connectivity index (χ3v) is 4.98. The molecule has 0 saturated carbocycles. The molecule has 0 fully saturated rings. The van der Waals surface area contributed by atoms with Crippen molar-refractivity contribution in [3.63, 3.8) is 0 Å². The molecule has 2 rings (SSSR count). The highest BCUT2D eigenvalue weighted by Crippen LogP contribution is 2.28. The van der Waals surface area contributed by atoms with Crippen molar-refractivity contribution in [1.29, 1.82) is 0 Å². The fraction of sp³-hybridized carbons (Fsp3) is 0.417. The van der Waals surface area contributed by atoms with E-state index in [4.69, 9.17) is 5.73 Å². The van der Waals surface area contributed by atoms with Gasteiger partial charge in [-0.1, -0.05) is 0 Å². The molecule has 2 heterocycles. The number of aryl methyl sites for hydroxylation is 1. The molecule has 0 radical (unpaired) electrons. The number of sulfone groups is 1. The van der Waals surface area contributed by atoms with Gasteiger partial charge in [0.2, 0.25) is 0 Å². The first-order valence-corrected chi connectivity index (χ1v) is 8.56. The molecule has 0 aliphatic heterocycles. The van der Waals surface area contributed by atoms with Crippen LogP contribution in [0, 0.1) is 6.92 Å². The third kappa shape index (κ3) is 3.05. The summed E-state index contributed by atoms with van der Waals surface area (Å²) in [6.07, 6.45) is 4.08. The van der Waals surface area contributed by atoms with E-state index in [1.54, 1.807) is 22.2 Å². The Bertz CT molecular complexity index is 671. The maximum absolute atomic E-state index is 11.5. The first kappa shape index (κ1) is 14.2. The highest BCUT2D eigenvalue weighted by Gasteiger charge is 2.22. The molecule has 2 N–H and O–H groups in total. The molecule has 7 heteroatoms. The summed E-state index contributed by atoms with van der Waals surface area (Å²) in [6, 6.07) is 3.73. The fourth-order valence-corrected chi connectivity index (χ4v) is 3.53. The van der Waals surface area contributed by atoms with E-state index in [1.807, 2.05) is 26.0 Å². The van der Waals surface area contributed by atoms with E-state index < -0.39 is 9.84 Å². The lowest BCUT2D eigenvalue weighted by atomic mass is 10.1. The maximum Gasteiger partial charge on any atom is 0.178 e. The lowest BCUT2D eigenvalue weighted by Gasteiger charge is -2.19. The van der Waals surface area contributed by atoms with Crippen molar-refractivity contribution >= 4 is 21.2 Å². The van der Waals surface area contributed by atoms with E-state index in [1.165, 1.54) is 17.3 Å². The molecule has 2 aromatic rings. The van der Waals surface area contributed by atoms with Gasteiger partial charge in [0.25, 0.3) is 0 Å². The average Bonchev–Trinajstić information content (AvgIpc) is 2.87. The summed E-state index contributed by atoms with van der Waals surface area (Å²) in [7, 11) is -3.24. The summed E-state index contributed by atoms with van der Waals surface area (Å²) >= 11 is 1.65. The molecule has 104 valence electrons. The second kappa shape index (κ2) is 5.07. The third-order valence-electron chi connectivity index (χ3n) is 2.84. The Kier molecular flexibility index (Phi) is 3.80. The van der Waals surface area contributed by atoms with Gasteiger partial charge in [0.05, 0.1) is 6.20 Å². The van der Waals surface area contributed by atoms with Gasteiger partial charge in [0, 0.05) is 28.2 Å². The summed E-state index contributed by atoms with van der Waals surface area (Å²) < 4.78 is 24.6. The number of aromatic nitrogens is 2. The predicted molar refractivity (Wildman–Crippen MR) is 76.2 cm³/mol. The largest absolute Gasteiger partial charge is 0.326 e. The van der Waals surface area contributed by atoms with Crippen LogP contribution < -0.4 is 5.73 Å². The quantitative estimate of drug-likeness (QED) is 0.930. The van der Waals surface area contributed by atoms with E-state index >= 15 is 0 Å². The van der Waals surface area contributed by atoms with Gasteiger partial charge < -0.3 is 5.73 Å². The van der Waals surface area contributed by atoms with E-state index in [9.17, 15) is 8.42 Å². The van der Waals surface area contributed by atoms with Crippen molar-refractivity contribution < 1.29 is 8.42 Å². The Morgan fingerprint density at radius 3 is 2.53 bits per heavy atom. The van der Waals surface area contributed by atoms with Crippen molar-refractivity contribution in [2.24, 2.45) is 5.73 Å². The molecule has 0 amide bonds. The van der Waals surface area contributed by atoms with Crippen molar-refractivity contribution in [3.05, 3.63) is 34.3 Å². The molecular weight excluding hydrogens is 282 g/mol. The summed E-state index contributed by atoms with van der Waals surface area (Å²) in [5, 5.41) is 4.15. The van der Waals surface area contributed by atoms with Gasteiger partial charge in [-0.2, -0.15) is 5.10 Å². The van der Waals surface area contributed by atoms with Crippen LogP contribution in [0.4, 0.5) is 0 Å². The number of nitrogens with zero attached hydrogens (tertiary/aromatic N) is 2. The van der Waals surface area contributed by atoms with Gasteiger partial charge in [-0.25, -0.2) is 8.42 Å². The zero-order valence-electron chi connectivity index (χ0n) is 11.1. The van der Waals surface area contributed by atoms with E-state index in [2.05, 4.69) is 5.10 Å². The van der Waals surface area contributed by atoms with Crippen molar-refractivity contribution in [1.82, 2.24) is 9.78 Å². The van der Waals surface area contributed by atoms with Crippen LogP contribution in [-0.2, 0) is 9.84 Å². The Morgan fingerprint density at radius 1 is 1.42 bits per heavy atom. The first-order chi connectivity index (χ1) is 8.79. The van der Waals surface area contributed by atoms with Crippen LogP contribution in [0.5, 0.6) is 0 Å². The SMILES string of the molecule is Cc1ccc(C(C(C)N)n2cc(S(C)(=O)=O)cn2)s1. The number of hydrogen-bond acceptors (Lipinski definition) is 5. The Labute approximate surface area is 117 Å². The van der Waals surface area contributed by atoms with Crippen LogP contribution >= 0.6 is 11.3 Å². The van der Waals surface area contributed by atoms with Crippen LogP contribution in [0.15, 0.2) is 29.4 Å². The number of nitrogens with two attached hydrogens (primary N) is 1. The summed E-state index contributed by atoms with van der Waals surface area (Å²) in [5.41, 5.74) is 6.02. The molecule has 2 unspecified atom stereocenters. The maximum atomic E-state index is 11.5. The monoisotopic (exact) mass is 299 g/mol. The summed E-state index contributed by atoms with van der Waals surface area (Å²) in [5.74, 6) is 0. The molecule has 2 atom stereocenters. The summed E-state index contributed by atoms with van der Waals surface area (Å²) in [6.45, 7) is 3.92. The van der Waals surface area contributed by atoms with Crippen molar-refractivity contribution in [3.8, 4) is 0 Å². The van der Waals surface area contributed by atoms with E-state index in [-0.39, 0.29) is 17.0 Å². The molecule has 19 heavy (non-hydrogen) atoms. The lowest BCUT2D eigenvalue weighted by Crippen LogP contribution is -2.30. The Morgan fingerprint density at radius 2 is 2.11 bits per heavy atom. The molecule has 0 spiro atoms. The second-order valence-electron chi connectivity index (χ2n) is 4.68. The highest BCUT2D eigenvalue weighted by molar-refractivity contribution is 7.90. The zero-order valence-corrected chi connectivity index (χ0v) is 12.7. The van der Waals surface area contributed by atoms with Crippen LogP contribution in [-0.4, -0.2) is 30.5 Å². The zero-order chi connectivity index (χ0) is 14.2. The number of rotatable bonds is 4. The standard InChI is InChI=1S/C12H17N3O2S2/c1-8-4-5-11(18-8)12(9(2)13)15-7-10(6-14-15)19(3,16)17/h4-7,9,12H,13H2,1-3H3. The number of thiophene rings is 1. The van der Waals surface area contributed by atoms with Crippen molar-refractivity contribution in [2.75, 3.05) is 6.26 Å². The highest BCUT2D eigenvalue weighted by atomic mass is 32.2. The minimum absolute atomic E-state index is 0.144. The molecule has 0 aliphatic carbocycles. The van der Waals surface area contributed by atoms with Gasteiger partial charge in [-0.15, -0.1) is 11.3 Å². The normalized spacial score (nSPS) is 15.4. The molecule has 0 saturated heterocycles. The van der Waals surface area contributed by atoms with E-state index in [0.717, 1.165) is 4.88 Å². The van der Waals surface area contributed by atoms with Gasteiger partial charge in [-0.05, 0) is 26.0 Å². The molecule has 0 bridgehead atoms. The average molecular weight is 299 g/mol. The molecule has 2 aromatic heterocycles. The minimum Gasteiger partial charge on any atom is -0.326 e. The molecule has 0 aliphatic rings. The Hall–Kier alpha value is -1.18. The lowest BCUT2D eigenvalue weighted by molar-refractivity contribution is 0.459. The smallest absolute Gasteiger partial charge is 0.178 e. The van der Waals surface area contributed by atoms with E-state index in [0.29, 0.717) is 0 Å². The summed E-state index contributed by atoms with van der Waals surface area (Å²) in [4.78, 5) is 2.48. The second-order valence-corrected chi connectivity index (χ2v) is 8.02. The van der Waals surface area contributed by atoms with Crippen molar-refractivity contribution in [2.45, 2.75) is 30.8 Å². The van der Waals surface area contributed by atoms with Crippen LogP contribution in [0.25, 0.3) is 0 Å². The van der Waals surface area contributed by atoms with Crippen LogP contribution in [0.3, 0.4) is 0 Å². The van der Waals surface area contributed by atoms with Gasteiger partial charge >= 0.3 is 0 Å². The molecule has 5 nitrogen and oxygen atoms in total. The number of hydrogen-bond donors (Lipinski definition) is 1. The van der Waals surface area contributed by atoms with Gasteiger partial charge in [0.15, 0.2) is 9.84 Å². The van der Waals surface area contributed by atoms with Gasteiger partial charge in [-0.3, -0.25) is 4.68 Å². The van der Waals surface area contributed by atoms with Gasteiger partial charge in [0.1, 0.15) is 10.9 Å². The first-order valence-electron chi connectivity index (χ1n) is 5.85. The Balaban J connectivity index is 2.43. The fourth-order valence-electron chi connectivity index (χ4n) is 1.91. The van der Waals surface area contributed by atoms with Crippen LogP contribution in [0.2, 0.25) is 0 Å².